The molecule has 2 aromatic heterocycles. The highest BCUT2D eigenvalue weighted by Gasteiger charge is 2.30. The van der Waals surface area contributed by atoms with Gasteiger partial charge in [-0.1, -0.05) is 20.8 Å². The lowest BCUT2D eigenvalue weighted by Gasteiger charge is -2.34. The van der Waals surface area contributed by atoms with Crippen LogP contribution in [0.1, 0.15) is 57.7 Å². The van der Waals surface area contributed by atoms with Gasteiger partial charge in [0.2, 0.25) is 0 Å². The van der Waals surface area contributed by atoms with E-state index in [4.69, 9.17) is 0 Å². The summed E-state index contributed by atoms with van der Waals surface area (Å²) in [6.07, 6.45) is 7.70. The molecule has 8 heteroatoms. The molecule has 128 valence electrons. The number of urea groups is 1. The Hall–Kier alpha value is -2.51. The molecule has 0 spiro atoms. The van der Waals surface area contributed by atoms with Crippen LogP contribution in [0.4, 0.5) is 10.5 Å². The Labute approximate surface area is 141 Å². The van der Waals surface area contributed by atoms with Crippen LogP contribution in [0.3, 0.4) is 0 Å². The summed E-state index contributed by atoms with van der Waals surface area (Å²) < 4.78 is 0. The summed E-state index contributed by atoms with van der Waals surface area (Å²) >= 11 is 0. The molecule has 0 saturated carbocycles. The van der Waals surface area contributed by atoms with Crippen molar-refractivity contribution < 1.29 is 4.79 Å². The molecule has 8 nitrogen and oxygen atoms in total. The molecular formula is C16H23N7O. The van der Waals surface area contributed by atoms with Crippen molar-refractivity contribution >= 4 is 11.7 Å². The Bertz CT molecular complexity index is 675. The molecule has 2 amide bonds. The molecule has 24 heavy (non-hydrogen) atoms. The SMILES string of the molecule is CC(C)(C)c1ncc(NC(=O)N2CCCC[C@H]2c2ncn[nH]2)cn1. The lowest BCUT2D eigenvalue weighted by atomic mass is 9.96. The third kappa shape index (κ3) is 3.52. The lowest BCUT2D eigenvalue weighted by molar-refractivity contribution is 0.159. The van der Waals surface area contributed by atoms with Gasteiger partial charge >= 0.3 is 6.03 Å². The molecule has 1 atom stereocenters. The van der Waals surface area contributed by atoms with E-state index in [0.717, 1.165) is 30.9 Å². The summed E-state index contributed by atoms with van der Waals surface area (Å²) in [4.78, 5) is 27.3. The lowest BCUT2D eigenvalue weighted by Crippen LogP contribution is -2.41. The van der Waals surface area contributed by atoms with Gasteiger partial charge in [0.1, 0.15) is 18.0 Å². The predicted octanol–water partition coefficient (Wildman–Crippen LogP) is 2.65. The number of nitrogens with one attached hydrogen (secondary N) is 2. The van der Waals surface area contributed by atoms with Gasteiger partial charge in [-0.2, -0.15) is 5.10 Å². The summed E-state index contributed by atoms with van der Waals surface area (Å²) in [5.41, 5.74) is 0.474. The monoisotopic (exact) mass is 329 g/mol. The first-order valence-electron chi connectivity index (χ1n) is 8.20. The van der Waals surface area contributed by atoms with Crippen LogP contribution in [0.25, 0.3) is 0 Å². The molecule has 1 aliphatic heterocycles. The highest BCUT2D eigenvalue weighted by atomic mass is 16.2. The number of piperidine rings is 1. The number of aromatic nitrogens is 5. The Kier molecular flexibility index (Phi) is 4.46. The summed E-state index contributed by atoms with van der Waals surface area (Å²) in [5, 5.41) is 9.65. The highest BCUT2D eigenvalue weighted by molar-refractivity contribution is 5.89. The van der Waals surface area contributed by atoms with E-state index in [1.54, 1.807) is 17.3 Å². The van der Waals surface area contributed by atoms with E-state index in [9.17, 15) is 4.79 Å². The van der Waals surface area contributed by atoms with Gasteiger partial charge in [-0.25, -0.2) is 19.7 Å². The van der Waals surface area contributed by atoms with Gasteiger partial charge in [0.15, 0.2) is 0 Å². The maximum Gasteiger partial charge on any atom is 0.322 e. The topological polar surface area (TPSA) is 99.7 Å². The van der Waals surface area contributed by atoms with Crippen molar-refractivity contribution in [3.63, 3.8) is 0 Å². The summed E-state index contributed by atoms with van der Waals surface area (Å²) in [5.74, 6) is 1.47. The molecule has 1 aliphatic rings. The number of carbonyl (C=O) groups excluding carboxylic acids is 1. The molecule has 3 heterocycles. The van der Waals surface area contributed by atoms with Crippen LogP contribution < -0.4 is 5.32 Å². The minimum absolute atomic E-state index is 0.0731. The first-order valence-corrected chi connectivity index (χ1v) is 8.20. The summed E-state index contributed by atoms with van der Waals surface area (Å²) in [6, 6.07) is -0.237. The molecule has 0 radical (unpaired) electrons. The van der Waals surface area contributed by atoms with Gasteiger partial charge in [-0.15, -0.1) is 0 Å². The van der Waals surface area contributed by atoms with Crippen LogP contribution in [0.15, 0.2) is 18.7 Å². The van der Waals surface area contributed by atoms with Crippen molar-refractivity contribution in [1.82, 2.24) is 30.0 Å². The average molecular weight is 329 g/mol. The number of amides is 2. The maximum absolute atomic E-state index is 12.7. The van der Waals surface area contributed by atoms with Gasteiger partial charge in [-0.3, -0.25) is 5.10 Å². The number of rotatable bonds is 2. The number of aromatic amines is 1. The highest BCUT2D eigenvalue weighted by Crippen LogP contribution is 2.29. The Balaban J connectivity index is 1.71. The standard InChI is InChI=1S/C16H23N7O/c1-16(2,3)14-17-8-11(9-18-14)21-15(24)23-7-5-4-6-12(23)13-19-10-20-22-13/h8-10,12H,4-7H2,1-3H3,(H,21,24)(H,19,20,22)/t12-/m0/s1. The Morgan fingerprint density at radius 1 is 1.25 bits per heavy atom. The van der Waals surface area contributed by atoms with Gasteiger partial charge in [0.05, 0.1) is 24.1 Å². The van der Waals surface area contributed by atoms with Gasteiger partial charge in [0, 0.05) is 12.0 Å². The zero-order valence-electron chi connectivity index (χ0n) is 14.3. The maximum atomic E-state index is 12.7. The predicted molar refractivity (Wildman–Crippen MR) is 89.4 cm³/mol. The molecule has 2 aromatic rings. The number of carbonyl (C=O) groups is 1. The van der Waals surface area contributed by atoms with E-state index in [1.807, 2.05) is 0 Å². The van der Waals surface area contributed by atoms with E-state index < -0.39 is 0 Å². The van der Waals surface area contributed by atoms with E-state index in [-0.39, 0.29) is 17.5 Å². The van der Waals surface area contributed by atoms with Gasteiger partial charge in [-0.05, 0) is 19.3 Å². The molecule has 2 N–H and O–H groups in total. The third-order valence-electron chi connectivity index (χ3n) is 4.09. The molecule has 0 aromatic carbocycles. The van der Waals surface area contributed by atoms with Crippen molar-refractivity contribution in [1.29, 1.82) is 0 Å². The van der Waals surface area contributed by atoms with Gasteiger partial charge in [0.25, 0.3) is 0 Å². The van der Waals surface area contributed by atoms with Crippen molar-refractivity contribution in [3.8, 4) is 0 Å². The molecule has 0 unspecified atom stereocenters. The number of hydrogen-bond acceptors (Lipinski definition) is 5. The Morgan fingerprint density at radius 2 is 2.00 bits per heavy atom. The first-order chi connectivity index (χ1) is 11.4. The zero-order valence-corrected chi connectivity index (χ0v) is 14.3. The smallest absolute Gasteiger partial charge is 0.314 e. The van der Waals surface area contributed by atoms with E-state index in [1.165, 1.54) is 6.33 Å². The van der Waals surface area contributed by atoms with Crippen LogP contribution in [-0.4, -0.2) is 42.6 Å². The fraction of sp³-hybridized carbons (Fsp3) is 0.562. The van der Waals surface area contributed by atoms with Crippen molar-refractivity contribution in [2.24, 2.45) is 0 Å². The molecule has 1 fully saturated rings. The number of H-pyrrole nitrogens is 1. The normalized spacial score (nSPS) is 18.5. The zero-order chi connectivity index (χ0) is 17.2. The van der Waals surface area contributed by atoms with Crippen molar-refractivity contribution in [3.05, 3.63) is 30.4 Å². The summed E-state index contributed by atoms with van der Waals surface area (Å²) in [6.45, 7) is 6.85. The second kappa shape index (κ2) is 6.54. The fourth-order valence-electron chi connectivity index (χ4n) is 2.81. The number of hydrogen-bond donors (Lipinski definition) is 2. The number of nitrogens with zero attached hydrogens (tertiary/aromatic N) is 5. The van der Waals surface area contributed by atoms with Gasteiger partial charge < -0.3 is 10.2 Å². The third-order valence-corrected chi connectivity index (χ3v) is 4.09. The van der Waals surface area contributed by atoms with Crippen LogP contribution in [-0.2, 0) is 5.41 Å². The van der Waals surface area contributed by atoms with Crippen LogP contribution >= 0.6 is 0 Å². The van der Waals surface area contributed by atoms with E-state index in [2.05, 4.69) is 51.2 Å². The van der Waals surface area contributed by atoms with Crippen molar-refractivity contribution in [2.75, 3.05) is 11.9 Å². The molecule has 1 saturated heterocycles. The molecular weight excluding hydrogens is 306 g/mol. The molecule has 0 bridgehead atoms. The van der Waals surface area contributed by atoms with Crippen LogP contribution in [0.5, 0.6) is 0 Å². The second-order valence-corrected chi connectivity index (χ2v) is 7.05. The van der Waals surface area contributed by atoms with Crippen molar-refractivity contribution in [2.45, 2.75) is 51.5 Å². The quantitative estimate of drug-likeness (QED) is 0.882. The van der Waals surface area contributed by atoms with E-state index in [0.29, 0.717) is 12.2 Å². The minimum Gasteiger partial charge on any atom is -0.314 e. The molecule has 3 rings (SSSR count). The minimum atomic E-state index is -0.164. The second-order valence-electron chi connectivity index (χ2n) is 7.05. The Morgan fingerprint density at radius 3 is 2.62 bits per heavy atom. The average Bonchev–Trinajstić information content (AvgIpc) is 3.09. The largest absolute Gasteiger partial charge is 0.322 e. The fourth-order valence-corrected chi connectivity index (χ4v) is 2.81. The molecule has 0 aliphatic carbocycles. The summed E-state index contributed by atoms with van der Waals surface area (Å²) in [7, 11) is 0. The first kappa shape index (κ1) is 16.4. The number of anilines is 1. The van der Waals surface area contributed by atoms with E-state index >= 15 is 0 Å². The van der Waals surface area contributed by atoms with Crippen LogP contribution in [0, 0.1) is 0 Å². The number of likely N-dealkylation sites (tertiary alicyclic amines) is 1. The van der Waals surface area contributed by atoms with Crippen LogP contribution in [0.2, 0.25) is 0 Å².